The molecule has 0 saturated carbocycles. The first-order valence-corrected chi connectivity index (χ1v) is 9.41. The lowest BCUT2D eigenvalue weighted by atomic mass is 10.1. The summed E-state index contributed by atoms with van der Waals surface area (Å²) in [6.07, 6.45) is 1.70. The van der Waals surface area contributed by atoms with Gasteiger partial charge in [-0.15, -0.1) is 0 Å². The van der Waals surface area contributed by atoms with Crippen LogP contribution < -0.4 is 15.0 Å². The summed E-state index contributed by atoms with van der Waals surface area (Å²) in [4.78, 5) is 30.7. The third-order valence-electron chi connectivity index (χ3n) is 4.77. The molecule has 0 unspecified atom stereocenters. The highest BCUT2D eigenvalue weighted by Gasteiger charge is 2.25. The summed E-state index contributed by atoms with van der Waals surface area (Å²) < 4.78 is 5.52. The molecule has 2 amide bonds. The predicted molar refractivity (Wildman–Crippen MR) is 110 cm³/mol. The van der Waals surface area contributed by atoms with Gasteiger partial charge in [-0.2, -0.15) is 0 Å². The molecule has 6 heteroatoms. The molecule has 29 heavy (non-hydrogen) atoms. The molecule has 0 spiro atoms. The van der Waals surface area contributed by atoms with Gasteiger partial charge in [0.1, 0.15) is 5.75 Å². The normalized spacial score (nSPS) is 12.9. The van der Waals surface area contributed by atoms with Crippen LogP contribution in [0.15, 0.2) is 66.9 Å². The zero-order valence-electron chi connectivity index (χ0n) is 16.1. The molecule has 1 aliphatic heterocycles. The molecule has 0 aliphatic carbocycles. The van der Waals surface area contributed by atoms with Gasteiger partial charge < -0.3 is 15.0 Å². The van der Waals surface area contributed by atoms with Gasteiger partial charge in [-0.3, -0.25) is 14.6 Å². The number of pyridine rings is 1. The van der Waals surface area contributed by atoms with Crippen molar-refractivity contribution in [2.24, 2.45) is 0 Å². The smallest absolute Gasteiger partial charge is 0.265 e. The quantitative estimate of drug-likeness (QED) is 0.730. The maximum atomic E-state index is 12.4. The number of carbonyl (C=O) groups excluding carboxylic acids is 2. The highest BCUT2D eigenvalue weighted by molar-refractivity contribution is 5.98. The van der Waals surface area contributed by atoms with Crippen LogP contribution in [-0.4, -0.2) is 23.4 Å². The molecule has 1 N–H and O–H groups in total. The molecule has 4 rings (SSSR count). The second-order valence-corrected chi connectivity index (χ2v) is 6.94. The number of hydrogen-bond acceptors (Lipinski definition) is 4. The first kappa shape index (κ1) is 18.7. The SMILES string of the molecule is Cc1ccc2c(c1)N(Cc1ccc(C(=O)NCc3ccccn3)cc1)C(=O)CO2. The second kappa shape index (κ2) is 8.14. The molecule has 6 nitrogen and oxygen atoms in total. The predicted octanol–water partition coefficient (Wildman–Crippen LogP) is 3.25. The lowest BCUT2D eigenvalue weighted by Gasteiger charge is -2.29. The molecular formula is C23H21N3O3. The number of aromatic nitrogens is 1. The van der Waals surface area contributed by atoms with Crippen molar-refractivity contribution >= 4 is 17.5 Å². The number of nitrogens with one attached hydrogen (secondary N) is 1. The third-order valence-corrected chi connectivity index (χ3v) is 4.77. The minimum atomic E-state index is -0.161. The fourth-order valence-corrected chi connectivity index (χ4v) is 3.21. The van der Waals surface area contributed by atoms with E-state index in [-0.39, 0.29) is 18.4 Å². The lowest BCUT2D eigenvalue weighted by molar-refractivity contribution is -0.121. The van der Waals surface area contributed by atoms with Gasteiger partial charge in [0.2, 0.25) is 0 Å². The number of fused-ring (bicyclic) bond motifs is 1. The van der Waals surface area contributed by atoms with E-state index < -0.39 is 0 Å². The summed E-state index contributed by atoms with van der Waals surface area (Å²) in [6.45, 7) is 2.81. The lowest BCUT2D eigenvalue weighted by Crippen LogP contribution is -2.38. The van der Waals surface area contributed by atoms with Gasteiger partial charge >= 0.3 is 0 Å². The van der Waals surface area contributed by atoms with Gasteiger partial charge in [0.05, 0.1) is 24.5 Å². The van der Waals surface area contributed by atoms with E-state index in [1.165, 1.54) is 0 Å². The maximum absolute atomic E-state index is 12.4. The highest BCUT2D eigenvalue weighted by Crippen LogP contribution is 2.33. The van der Waals surface area contributed by atoms with Crippen LogP contribution in [0, 0.1) is 6.92 Å². The van der Waals surface area contributed by atoms with Crippen LogP contribution in [0.1, 0.15) is 27.2 Å². The maximum Gasteiger partial charge on any atom is 0.265 e. The molecule has 2 aromatic carbocycles. The van der Waals surface area contributed by atoms with E-state index in [2.05, 4.69) is 10.3 Å². The Balaban J connectivity index is 1.44. The molecule has 0 atom stereocenters. The van der Waals surface area contributed by atoms with Gasteiger partial charge in [-0.05, 0) is 54.4 Å². The Kier molecular flexibility index (Phi) is 5.24. The van der Waals surface area contributed by atoms with Crippen LogP contribution >= 0.6 is 0 Å². The molecule has 1 aromatic heterocycles. The fourth-order valence-electron chi connectivity index (χ4n) is 3.21. The topological polar surface area (TPSA) is 71.5 Å². The van der Waals surface area contributed by atoms with E-state index in [9.17, 15) is 9.59 Å². The Labute approximate surface area is 169 Å². The third kappa shape index (κ3) is 4.27. The Morgan fingerprint density at radius 3 is 2.72 bits per heavy atom. The van der Waals surface area contributed by atoms with Gasteiger partial charge in [0.25, 0.3) is 11.8 Å². The minimum absolute atomic E-state index is 0.0318. The summed E-state index contributed by atoms with van der Waals surface area (Å²) in [5.41, 5.74) is 4.14. The van der Waals surface area contributed by atoms with Crippen LogP contribution in [0.5, 0.6) is 5.75 Å². The molecular weight excluding hydrogens is 366 g/mol. The largest absolute Gasteiger partial charge is 0.482 e. The number of ether oxygens (including phenoxy) is 1. The Morgan fingerprint density at radius 1 is 1.14 bits per heavy atom. The zero-order chi connectivity index (χ0) is 20.2. The van der Waals surface area contributed by atoms with E-state index in [1.54, 1.807) is 23.2 Å². The highest BCUT2D eigenvalue weighted by atomic mass is 16.5. The van der Waals surface area contributed by atoms with Crippen LogP contribution in [0.25, 0.3) is 0 Å². The molecule has 1 aliphatic rings. The van der Waals surface area contributed by atoms with Gasteiger partial charge in [-0.1, -0.05) is 24.3 Å². The number of benzene rings is 2. The van der Waals surface area contributed by atoms with Gasteiger partial charge in [-0.25, -0.2) is 0 Å². The monoisotopic (exact) mass is 387 g/mol. The van der Waals surface area contributed by atoms with E-state index in [0.29, 0.717) is 24.4 Å². The Bertz CT molecular complexity index is 1030. The Hall–Kier alpha value is -3.67. The molecule has 0 saturated heterocycles. The van der Waals surface area contributed by atoms with Crippen molar-refractivity contribution in [1.29, 1.82) is 0 Å². The molecule has 0 fully saturated rings. The van der Waals surface area contributed by atoms with E-state index in [4.69, 9.17) is 4.74 Å². The number of nitrogens with zero attached hydrogens (tertiary/aromatic N) is 2. The molecule has 146 valence electrons. The fraction of sp³-hybridized carbons (Fsp3) is 0.174. The minimum Gasteiger partial charge on any atom is -0.482 e. The summed E-state index contributed by atoms with van der Waals surface area (Å²) >= 11 is 0. The standard InChI is InChI=1S/C23H21N3O3/c1-16-5-10-21-20(12-16)26(22(27)15-29-21)14-17-6-8-18(9-7-17)23(28)25-13-19-4-2-3-11-24-19/h2-12H,13-15H2,1H3,(H,25,28). The number of anilines is 1. The van der Waals surface area contributed by atoms with Crippen molar-refractivity contribution in [3.8, 4) is 5.75 Å². The van der Waals surface area contributed by atoms with Gasteiger partial charge in [0, 0.05) is 11.8 Å². The van der Waals surface area contributed by atoms with Crippen molar-refractivity contribution in [3.05, 3.63) is 89.2 Å². The van der Waals surface area contributed by atoms with Crippen molar-refractivity contribution in [2.75, 3.05) is 11.5 Å². The zero-order valence-corrected chi connectivity index (χ0v) is 16.1. The summed E-state index contributed by atoms with van der Waals surface area (Å²) in [5.74, 6) is 0.464. The van der Waals surface area contributed by atoms with Crippen LogP contribution in [0.2, 0.25) is 0 Å². The number of hydrogen-bond donors (Lipinski definition) is 1. The van der Waals surface area contributed by atoms with E-state index in [1.807, 2.05) is 55.5 Å². The van der Waals surface area contributed by atoms with Gasteiger partial charge in [0.15, 0.2) is 6.61 Å². The van der Waals surface area contributed by atoms with Crippen LogP contribution in [0.3, 0.4) is 0 Å². The summed E-state index contributed by atoms with van der Waals surface area (Å²) in [6, 6.07) is 18.7. The van der Waals surface area contributed by atoms with Crippen molar-refractivity contribution in [3.63, 3.8) is 0 Å². The van der Waals surface area contributed by atoms with Crippen LogP contribution in [-0.2, 0) is 17.9 Å². The van der Waals surface area contributed by atoms with Crippen molar-refractivity contribution in [1.82, 2.24) is 10.3 Å². The molecule has 0 bridgehead atoms. The van der Waals surface area contributed by atoms with Crippen LogP contribution in [0.4, 0.5) is 5.69 Å². The number of rotatable bonds is 5. The number of aryl methyl sites for hydroxylation is 1. The number of amides is 2. The first-order chi connectivity index (χ1) is 14.1. The summed E-state index contributed by atoms with van der Waals surface area (Å²) in [7, 11) is 0. The second-order valence-electron chi connectivity index (χ2n) is 6.94. The van der Waals surface area contributed by atoms with E-state index >= 15 is 0 Å². The average Bonchev–Trinajstić information content (AvgIpc) is 2.75. The molecule has 3 aromatic rings. The molecule has 2 heterocycles. The molecule has 0 radical (unpaired) electrons. The van der Waals surface area contributed by atoms with Crippen molar-refractivity contribution in [2.45, 2.75) is 20.0 Å². The number of carbonyl (C=O) groups is 2. The Morgan fingerprint density at radius 2 is 1.97 bits per heavy atom. The first-order valence-electron chi connectivity index (χ1n) is 9.41. The van der Waals surface area contributed by atoms with E-state index in [0.717, 1.165) is 22.5 Å². The van der Waals surface area contributed by atoms with Crippen molar-refractivity contribution < 1.29 is 14.3 Å². The summed E-state index contributed by atoms with van der Waals surface area (Å²) in [5, 5.41) is 2.86. The average molecular weight is 387 g/mol.